The van der Waals surface area contributed by atoms with E-state index >= 15 is 0 Å². The first kappa shape index (κ1) is 13.1. The molecule has 0 aliphatic heterocycles. The van der Waals surface area contributed by atoms with Crippen molar-refractivity contribution in [3.05, 3.63) is 64.1 Å². The third-order valence-corrected chi connectivity index (χ3v) is 3.21. The largest absolute Gasteiger partial charge is 0.490 e. The third kappa shape index (κ3) is 3.34. The zero-order valence-corrected chi connectivity index (χ0v) is 11.7. The van der Waals surface area contributed by atoms with Crippen molar-refractivity contribution in [2.45, 2.75) is 13.0 Å². The Kier molecular flexibility index (Phi) is 4.39. The molecule has 2 aromatic rings. The number of aryl methyl sites for hydroxylation is 1. The van der Waals surface area contributed by atoms with Gasteiger partial charge in [-0.2, -0.15) is 0 Å². The van der Waals surface area contributed by atoms with Crippen LogP contribution >= 0.6 is 15.9 Å². The second-order valence-electron chi connectivity index (χ2n) is 4.15. The lowest BCUT2D eigenvalue weighted by atomic mass is 10.1. The van der Waals surface area contributed by atoms with E-state index in [2.05, 4.69) is 15.9 Å². The van der Waals surface area contributed by atoms with Crippen LogP contribution in [-0.2, 0) is 0 Å². The van der Waals surface area contributed by atoms with Gasteiger partial charge < -0.3 is 9.84 Å². The zero-order chi connectivity index (χ0) is 13.0. The highest BCUT2D eigenvalue weighted by molar-refractivity contribution is 9.10. The van der Waals surface area contributed by atoms with Crippen molar-refractivity contribution in [3.8, 4) is 5.75 Å². The van der Waals surface area contributed by atoms with Gasteiger partial charge in [-0.15, -0.1) is 0 Å². The lowest BCUT2D eigenvalue weighted by Crippen LogP contribution is -2.10. The molecule has 94 valence electrons. The molecule has 18 heavy (non-hydrogen) atoms. The quantitative estimate of drug-likeness (QED) is 0.929. The van der Waals surface area contributed by atoms with E-state index in [1.165, 1.54) is 0 Å². The fourth-order valence-electron chi connectivity index (χ4n) is 1.71. The molecule has 0 aromatic heterocycles. The van der Waals surface area contributed by atoms with Crippen molar-refractivity contribution in [1.82, 2.24) is 0 Å². The number of halogens is 1. The zero-order valence-electron chi connectivity index (χ0n) is 10.1. The van der Waals surface area contributed by atoms with Gasteiger partial charge in [0.05, 0.1) is 0 Å². The van der Waals surface area contributed by atoms with Gasteiger partial charge in [-0.25, -0.2) is 0 Å². The Morgan fingerprint density at radius 3 is 2.56 bits per heavy atom. The highest BCUT2D eigenvalue weighted by Gasteiger charge is 2.08. The van der Waals surface area contributed by atoms with E-state index < -0.39 is 6.10 Å². The normalized spacial score (nSPS) is 12.2. The highest BCUT2D eigenvalue weighted by atomic mass is 79.9. The van der Waals surface area contributed by atoms with E-state index in [1.807, 2.05) is 55.5 Å². The Bertz CT molecular complexity index is 511. The van der Waals surface area contributed by atoms with Gasteiger partial charge >= 0.3 is 0 Å². The summed E-state index contributed by atoms with van der Waals surface area (Å²) in [6, 6.07) is 15.3. The molecule has 0 heterocycles. The Morgan fingerprint density at radius 1 is 1.17 bits per heavy atom. The van der Waals surface area contributed by atoms with Crippen molar-refractivity contribution in [1.29, 1.82) is 0 Å². The molecule has 0 fully saturated rings. The van der Waals surface area contributed by atoms with E-state index in [-0.39, 0.29) is 6.61 Å². The van der Waals surface area contributed by atoms with Crippen LogP contribution in [0.5, 0.6) is 5.75 Å². The number of aliphatic hydroxyl groups is 1. The Labute approximate surface area is 115 Å². The number of ether oxygens (including phenoxy) is 1. The van der Waals surface area contributed by atoms with Crippen molar-refractivity contribution < 1.29 is 9.84 Å². The SMILES string of the molecule is Cc1cc(Br)ccc1OCC(O)c1ccccc1. The predicted octanol–water partition coefficient (Wildman–Crippen LogP) is 3.87. The average molecular weight is 307 g/mol. The minimum atomic E-state index is -0.603. The molecule has 0 spiro atoms. The van der Waals surface area contributed by atoms with E-state index in [0.717, 1.165) is 21.3 Å². The topological polar surface area (TPSA) is 29.5 Å². The smallest absolute Gasteiger partial charge is 0.122 e. The molecular weight excluding hydrogens is 292 g/mol. The molecule has 0 radical (unpaired) electrons. The van der Waals surface area contributed by atoms with E-state index in [9.17, 15) is 5.11 Å². The minimum absolute atomic E-state index is 0.256. The fourth-order valence-corrected chi connectivity index (χ4v) is 2.19. The molecule has 0 saturated heterocycles. The molecule has 0 amide bonds. The lowest BCUT2D eigenvalue weighted by molar-refractivity contribution is 0.108. The molecule has 1 unspecified atom stereocenters. The minimum Gasteiger partial charge on any atom is -0.490 e. The van der Waals surface area contributed by atoms with Crippen molar-refractivity contribution in [2.75, 3.05) is 6.61 Å². The predicted molar refractivity (Wildman–Crippen MR) is 75.8 cm³/mol. The maximum absolute atomic E-state index is 9.99. The van der Waals surface area contributed by atoms with Crippen molar-refractivity contribution in [2.24, 2.45) is 0 Å². The summed E-state index contributed by atoms with van der Waals surface area (Å²) in [5, 5.41) is 9.99. The monoisotopic (exact) mass is 306 g/mol. The fraction of sp³-hybridized carbons (Fsp3) is 0.200. The molecular formula is C15H15BrO2. The van der Waals surface area contributed by atoms with Gasteiger partial charge in [0.15, 0.2) is 0 Å². The van der Waals surface area contributed by atoms with Gasteiger partial charge in [-0.3, -0.25) is 0 Å². The molecule has 0 saturated carbocycles. The van der Waals surface area contributed by atoms with Crippen LogP contribution in [-0.4, -0.2) is 11.7 Å². The molecule has 1 N–H and O–H groups in total. The van der Waals surface area contributed by atoms with E-state index in [0.29, 0.717) is 0 Å². The summed E-state index contributed by atoms with van der Waals surface area (Å²) in [7, 11) is 0. The summed E-state index contributed by atoms with van der Waals surface area (Å²) in [5.41, 5.74) is 1.91. The summed E-state index contributed by atoms with van der Waals surface area (Å²) in [6.45, 7) is 2.24. The van der Waals surface area contributed by atoms with Crippen LogP contribution in [0, 0.1) is 6.92 Å². The second kappa shape index (κ2) is 6.03. The lowest BCUT2D eigenvalue weighted by Gasteiger charge is -2.14. The average Bonchev–Trinajstić information content (AvgIpc) is 2.38. The molecule has 2 aromatic carbocycles. The van der Waals surface area contributed by atoms with Crippen LogP contribution in [0.2, 0.25) is 0 Å². The third-order valence-electron chi connectivity index (χ3n) is 2.72. The first-order valence-corrected chi connectivity index (χ1v) is 6.58. The molecule has 0 aliphatic carbocycles. The molecule has 0 aliphatic rings. The molecule has 3 heteroatoms. The van der Waals surface area contributed by atoms with Crippen LogP contribution in [0.3, 0.4) is 0 Å². The van der Waals surface area contributed by atoms with Crippen LogP contribution in [0.15, 0.2) is 53.0 Å². The molecule has 1 atom stereocenters. The standard InChI is InChI=1S/C15H15BrO2/c1-11-9-13(16)7-8-15(11)18-10-14(17)12-5-3-2-4-6-12/h2-9,14,17H,10H2,1H3. The van der Waals surface area contributed by atoms with Gasteiger partial charge in [-0.05, 0) is 36.2 Å². The van der Waals surface area contributed by atoms with Gasteiger partial charge in [0.25, 0.3) is 0 Å². The summed E-state index contributed by atoms with van der Waals surface area (Å²) >= 11 is 3.41. The first-order valence-electron chi connectivity index (χ1n) is 5.79. The van der Waals surface area contributed by atoms with Gasteiger partial charge in [0.2, 0.25) is 0 Å². The van der Waals surface area contributed by atoms with Crippen molar-refractivity contribution >= 4 is 15.9 Å². The summed E-state index contributed by atoms with van der Waals surface area (Å²) in [6.07, 6.45) is -0.603. The molecule has 2 rings (SSSR count). The number of aliphatic hydroxyl groups excluding tert-OH is 1. The van der Waals surface area contributed by atoms with E-state index in [1.54, 1.807) is 0 Å². The van der Waals surface area contributed by atoms with Crippen molar-refractivity contribution in [3.63, 3.8) is 0 Å². The Morgan fingerprint density at radius 2 is 1.89 bits per heavy atom. The summed E-state index contributed by atoms with van der Waals surface area (Å²) in [4.78, 5) is 0. The van der Waals surface area contributed by atoms with Gasteiger partial charge in [-0.1, -0.05) is 46.3 Å². The highest BCUT2D eigenvalue weighted by Crippen LogP contribution is 2.23. The molecule has 2 nitrogen and oxygen atoms in total. The van der Waals surface area contributed by atoms with Gasteiger partial charge in [0, 0.05) is 4.47 Å². The van der Waals surface area contributed by atoms with Crippen LogP contribution in [0.25, 0.3) is 0 Å². The number of rotatable bonds is 4. The maximum atomic E-state index is 9.99. The van der Waals surface area contributed by atoms with Crippen LogP contribution in [0.4, 0.5) is 0 Å². The maximum Gasteiger partial charge on any atom is 0.122 e. The van der Waals surface area contributed by atoms with Crippen LogP contribution in [0.1, 0.15) is 17.2 Å². The summed E-state index contributed by atoms with van der Waals surface area (Å²) < 4.78 is 6.66. The Balaban J connectivity index is 1.99. The van der Waals surface area contributed by atoms with Gasteiger partial charge in [0.1, 0.15) is 18.5 Å². The number of hydrogen-bond acceptors (Lipinski definition) is 2. The second-order valence-corrected chi connectivity index (χ2v) is 5.06. The first-order chi connectivity index (χ1) is 8.66. The summed E-state index contributed by atoms with van der Waals surface area (Å²) in [5.74, 6) is 0.799. The number of hydrogen-bond donors (Lipinski definition) is 1. The van der Waals surface area contributed by atoms with Crippen LogP contribution < -0.4 is 4.74 Å². The number of benzene rings is 2. The molecule has 0 bridgehead atoms. The Hall–Kier alpha value is -1.32. The van der Waals surface area contributed by atoms with E-state index in [4.69, 9.17) is 4.74 Å².